The van der Waals surface area contributed by atoms with Crippen LogP contribution in [0, 0.1) is 6.92 Å². The number of piperazine rings is 1. The highest BCUT2D eigenvalue weighted by atomic mass is 35.5. The highest BCUT2D eigenvalue weighted by Gasteiger charge is 2.19. The Kier molecular flexibility index (Phi) is 5.50. The van der Waals surface area contributed by atoms with Crippen LogP contribution >= 0.6 is 11.6 Å². The SMILES string of the molecule is Cc1nc2ccccn2c1C(=O)NCCN1CCN(c2ccc(Cl)cc2)CC1. The van der Waals surface area contributed by atoms with E-state index in [9.17, 15) is 4.79 Å². The lowest BCUT2D eigenvalue weighted by molar-refractivity contribution is 0.0941. The van der Waals surface area contributed by atoms with Crippen LogP contribution in [0.2, 0.25) is 5.02 Å². The average molecular weight is 398 g/mol. The second kappa shape index (κ2) is 8.20. The highest BCUT2D eigenvalue weighted by molar-refractivity contribution is 6.30. The first-order valence-corrected chi connectivity index (χ1v) is 9.94. The number of carbonyl (C=O) groups excluding carboxylic acids is 1. The van der Waals surface area contributed by atoms with Crippen molar-refractivity contribution in [2.45, 2.75) is 6.92 Å². The number of anilines is 1. The van der Waals surface area contributed by atoms with Crippen molar-refractivity contribution in [2.24, 2.45) is 0 Å². The van der Waals surface area contributed by atoms with Gasteiger partial charge in [-0.3, -0.25) is 14.1 Å². The van der Waals surface area contributed by atoms with Crippen LogP contribution in [0.3, 0.4) is 0 Å². The fourth-order valence-electron chi connectivity index (χ4n) is 3.68. The Labute approximate surface area is 169 Å². The van der Waals surface area contributed by atoms with Gasteiger partial charge in [0.2, 0.25) is 0 Å². The molecule has 0 radical (unpaired) electrons. The minimum atomic E-state index is -0.0731. The molecule has 7 heteroatoms. The van der Waals surface area contributed by atoms with E-state index in [1.165, 1.54) is 5.69 Å². The Morgan fingerprint density at radius 3 is 2.61 bits per heavy atom. The Balaban J connectivity index is 1.27. The monoisotopic (exact) mass is 397 g/mol. The topological polar surface area (TPSA) is 52.9 Å². The molecule has 28 heavy (non-hydrogen) atoms. The molecule has 0 unspecified atom stereocenters. The molecule has 3 heterocycles. The predicted octanol–water partition coefficient (Wildman–Crippen LogP) is 2.85. The largest absolute Gasteiger partial charge is 0.369 e. The Bertz CT molecular complexity index is 961. The number of pyridine rings is 1. The molecule has 1 amide bonds. The highest BCUT2D eigenvalue weighted by Crippen LogP contribution is 2.19. The van der Waals surface area contributed by atoms with Crippen LogP contribution in [-0.2, 0) is 0 Å². The van der Waals surface area contributed by atoms with Gasteiger partial charge in [-0.2, -0.15) is 0 Å². The van der Waals surface area contributed by atoms with E-state index in [0.29, 0.717) is 12.2 Å². The van der Waals surface area contributed by atoms with Gasteiger partial charge in [0.25, 0.3) is 5.91 Å². The summed E-state index contributed by atoms with van der Waals surface area (Å²) < 4.78 is 1.84. The molecule has 1 saturated heterocycles. The zero-order valence-corrected chi connectivity index (χ0v) is 16.7. The second-order valence-corrected chi connectivity index (χ2v) is 7.47. The van der Waals surface area contributed by atoms with Gasteiger partial charge in [-0.1, -0.05) is 17.7 Å². The number of aryl methyl sites for hydroxylation is 1. The maximum atomic E-state index is 12.6. The summed E-state index contributed by atoms with van der Waals surface area (Å²) in [7, 11) is 0. The smallest absolute Gasteiger partial charge is 0.270 e. The molecule has 0 aliphatic carbocycles. The van der Waals surface area contributed by atoms with Crippen molar-refractivity contribution < 1.29 is 4.79 Å². The predicted molar refractivity (Wildman–Crippen MR) is 112 cm³/mol. The fourth-order valence-corrected chi connectivity index (χ4v) is 3.81. The van der Waals surface area contributed by atoms with Crippen LogP contribution in [0.15, 0.2) is 48.7 Å². The average Bonchev–Trinajstić information content (AvgIpc) is 3.05. The van der Waals surface area contributed by atoms with Gasteiger partial charge >= 0.3 is 0 Å². The Morgan fingerprint density at radius 1 is 1.11 bits per heavy atom. The number of hydrogen-bond donors (Lipinski definition) is 1. The van der Waals surface area contributed by atoms with Crippen LogP contribution < -0.4 is 10.2 Å². The van der Waals surface area contributed by atoms with E-state index in [0.717, 1.165) is 49.1 Å². The van der Waals surface area contributed by atoms with Gasteiger partial charge in [0.05, 0.1) is 5.69 Å². The normalized spacial score (nSPS) is 15.1. The van der Waals surface area contributed by atoms with E-state index >= 15 is 0 Å². The third-order valence-corrected chi connectivity index (χ3v) is 5.45. The lowest BCUT2D eigenvalue weighted by Gasteiger charge is -2.36. The van der Waals surface area contributed by atoms with Gasteiger partial charge < -0.3 is 10.2 Å². The van der Waals surface area contributed by atoms with Gasteiger partial charge in [-0.25, -0.2) is 4.98 Å². The summed E-state index contributed by atoms with van der Waals surface area (Å²) in [6, 6.07) is 13.7. The number of nitrogens with one attached hydrogen (secondary N) is 1. The zero-order valence-electron chi connectivity index (χ0n) is 15.9. The number of fused-ring (bicyclic) bond motifs is 1. The summed E-state index contributed by atoms with van der Waals surface area (Å²) in [4.78, 5) is 21.8. The van der Waals surface area contributed by atoms with Crippen molar-refractivity contribution in [1.29, 1.82) is 0 Å². The summed E-state index contributed by atoms with van der Waals surface area (Å²) in [6.07, 6.45) is 1.88. The Hall–Kier alpha value is -2.57. The molecule has 1 aromatic carbocycles. The molecular weight excluding hydrogens is 374 g/mol. The molecule has 1 N–H and O–H groups in total. The van der Waals surface area contributed by atoms with Gasteiger partial charge in [0, 0.05) is 56.2 Å². The van der Waals surface area contributed by atoms with Crippen molar-refractivity contribution in [3.8, 4) is 0 Å². The van der Waals surface area contributed by atoms with Gasteiger partial charge in [0.1, 0.15) is 11.3 Å². The number of hydrogen-bond acceptors (Lipinski definition) is 4. The van der Waals surface area contributed by atoms with Crippen molar-refractivity contribution in [3.63, 3.8) is 0 Å². The molecule has 1 aliphatic heterocycles. The number of carbonyl (C=O) groups is 1. The summed E-state index contributed by atoms with van der Waals surface area (Å²) >= 11 is 5.97. The fraction of sp³-hybridized carbons (Fsp3) is 0.333. The van der Waals surface area contributed by atoms with E-state index in [2.05, 4.69) is 32.2 Å². The third-order valence-electron chi connectivity index (χ3n) is 5.20. The maximum absolute atomic E-state index is 12.6. The van der Waals surface area contributed by atoms with Crippen LogP contribution in [0.5, 0.6) is 0 Å². The summed E-state index contributed by atoms with van der Waals surface area (Å²) in [5.74, 6) is -0.0731. The van der Waals surface area contributed by atoms with Crippen LogP contribution in [0.1, 0.15) is 16.2 Å². The number of nitrogens with zero attached hydrogens (tertiary/aromatic N) is 4. The number of aromatic nitrogens is 2. The van der Waals surface area contributed by atoms with Crippen molar-refractivity contribution in [1.82, 2.24) is 19.6 Å². The van der Waals surface area contributed by atoms with Gasteiger partial charge in [-0.15, -0.1) is 0 Å². The molecule has 0 atom stereocenters. The van der Waals surface area contributed by atoms with E-state index in [-0.39, 0.29) is 5.91 Å². The minimum Gasteiger partial charge on any atom is -0.369 e. The first-order chi connectivity index (χ1) is 13.6. The number of halogens is 1. The molecular formula is C21H24ClN5O. The second-order valence-electron chi connectivity index (χ2n) is 7.04. The van der Waals surface area contributed by atoms with E-state index in [4.69, 9.17) is 11.6 Å². The molecule has 6 nitrogen and oxygen atoms in total. The summed E-state index contributed by atoms with van der Waals surface area (Å²) in [6.45, 7) is 7.25. The number of rotatable bonds is 5. The number of benzene rings is 1. The summed E-state index contributed by atoms with van der Waals surface area (Å²) in [5.41, 5.74) is 3.37. The molecule has 3 aromatic rings. The molecule has 1 aliphatic rings. The minimum absolute atomic E-state index is 0.0731. The molecule has 1 fully saturated rings. The van der Waals surface area contributed by atoms with E-state index in [1.807, 2.05) is 47.9 Å². The molecule has 0 spiro atoms. The van der Waals surface area contributed by atoms with Crippen molar-refractivity contribution in [2.75, 3.05) is 44.2 Å². The van der Waals surface area contributed by atoms with Crippen molar-refractivity contribution >= 4 is 28.8 Å². The number of amides is 1. The molecule has 146 valence electrons. The van der Waals surface area contributed by atoms with Crippen LogP contribution in [0.25, 0.3) is 5.65 Å². The van der Waals surface area contributed by atoms with Crippen LogP contribution in [0.4, 0.5) is 5.69 Å². The first kappa shape index (κ1) is 18.8. The quantitative estimate of drug-likeness (QED) is 0.719. The van der Waals surface area contributed by atoms with E-state index in [1.54, 1.807) is 0 Å². The third kappa shape index (κ3) is 3.98. The first-order valence-electron chi connectivity index (χ1n) is 9.56. The van der Waals surface area contributed by atoms with E-state index < -0.39 is 0 Å². The molecule has 0 bridgehead atoms. The number of imidazole rings is 1. The molecule has 0 saturated carbocycles. The Morgan fingerprint density at radius 2 is 1.86 bits per heavy atom. The standard InChI is InChI=1S/C21H24ClN5O/c1-16-20(27-10-3-2-4-19(27)24-16)21(28)23-9-11-25-12-14-26(15-13-25)18-7-5-17(22)6-8-18/h2-8,10H,9,11-15H2,1H3,(H,23,28). The van der Waals surface area contributed by atoms with Crippen molar-refractivity contribution in [3.05, 3.63) is 65.1 Å². The maximum Gasteiger partial charge on any atom is 0.270 e. The van der Waals surface area contributed by atoms with Gasteiger partial charge in [0.15, 0.2) is 0 Å². The van der Waals surface area contributed by atoms with Crippen LogP contribution in [-0.4, -0.2) is 59.5 Å². The lowest BCUT2D eigenvalue weighted by Crippen LogP contribution is -2.48. The summed E-state index contributed by atoms with van der Waals surface area (Å²) in [5, 5.41) is 3.81. The zero-order chi connectivity index (χ0) is 19.5. The molecule has 4 rings (SSSR count). The van der Waals surface area contributed by atoms with Gasteiger partial charge in [-0.05, 0) is 43.3 Å². The molecule has 2 aromatic heterocycles. The lowest BCUT2D eigenvalue weighted by atomic mass is 10.2.